The van der Waals surface area contributed by atoms with Crippen molar-refractivity contribution in [1.82, 2.24) is 4.90 Å². The highest BCUT2D eigenvalue weighted by molar-refractivity contribution is 5.67. The minimum atomic E-state index is -4.11. The van der Waals surface area contributed by atoms with Gasteiger partial charge in [0.25, 0.3) is 0 Å². The fraction of sp³-hybridized carbons (Fsp3) is 0.900. The summed E-state index contributed by atoms with van der Waals surface area (Å²) < 4.78 is 37.1. The van der Waals surface area contributed by atoms with Crippen LogP contribution in [0, 0.1) is 5.92 Å². The van der Waals surface area contributed by atoms with Gasteiger partial charge in [0.1, 0.15) is 0 Å². The largest absolute Gasteiger partial charge is 0.481 e. The maximum Gasteiger partial charge on any atom is 0.391 e. The maximum atomic E-state index is 12.4. The van der Waals surface area contributed by atoms with Gasteiger partial charge in [0, 0.05) is 6.04 Å². The van der Waals surface area contributed by atoms with Gasteiger partial charge in [-0.1, -0.05) is 0 Å². The third-order valence-corrected chi connectivity index (χ3v) is 3.09. The van der Waals surface area contributed by atoms with Gasteiger partial charge < -0.3 is 10.0 Å². The van der Waals surface area contributed by atoms with Crippen LogP contribution in [0.25, 0.3) is 0 Å². The zero-order valence-corrected chi connectivity index (χ0v) is 9.13. The van der Waals surface area contributed by atoms with Gasteiger partial charge in [-0.25, -0.2) is 0 Å². The fourth-order valence-corrected chi connectivity index (χ4v) is 2.05. The number of carboxylic acid groups (broad SMARTS) is 1. The van der Waals surface area contributed by atoms with Crippen LogP contribution in [0.15, 0.2) is 0 Å². The molecule has 1 heterocycles. The fourth-order valence-electron chi connectivity index (χ4n) is 2.05. The van der Waals surface area contributed by atoms with E-state index in [2.05, 4.69) is 0 Å². The molecule has 1 aliphatic rings. The standard InChI is InChI=1S/C10H16F3NO2/c1-7(6-9(15)16)14-4-2-8(3-5-14)10(11,12)13/h7-8H,2-6H2,1H3,(H,15,16). The van der Waals surface area contributed by atoms with Crippen molar-refractivity contribution in [3.8, 4) is 0 Å². The lowest BCUT2D eigenvalue weighted by Gasteiger charge is -2.36. The number of rotatable bonds is 3. The number of likely N-dealkylation sites (tertiary alicyclic amines) is 1. The molecule has 1 unspecified atom stereocenters. The van der Waals surface area contributed by atoms with Gasteiger partial charge in [-0.15, -0.1) is 0 Å². The quantitative estimate of drug-likeness (QED) is 0.820. The van der Waals surface area contributed by atoms with Crippen molar-refractivity contribution in [3.05, 3.63) is 0 Å². The molecule has 0 aromatic carbocycles. The maximum absolute atomic E-state index is 12.4. The molecule has 1 aliphatic heterocycles. The summed E-state index contributed by atoms with van der Waals surface area (Å²) in [5.74, 6) is -2.13. The second-order valence-electron chi connectivity index (χ2n) is 4.30. The summed E-state index contributed by atoms with van der Waals surface area (Å²) in [7, 11) is 0. The second kappa shape index (κ2) is 5.03. The predicted octanol–water partition coefficient (Wildman–Crippen LogP) is 2.12. The summed E-state index contributed by atoms with van der Waals surface area (Å²) in [6.45, 7) is 2.40. The van der Waals surface area contributed by atoms with Crippen LogP contribution in [0.2, 0.25) is 0 Å². The van der Waals surface area contributed by atoms with Crippen molar-refractivity contribution in [2.75, 3.05) is 13.1 Å². The van der Waals surface area contributed by atoms with Crippen molar-refractivity contribution in [1.29, 1.82) is 0 Å². The van der Waals surface area contributed by atoms with E-state index in [1.54, 1.807) is 6.92 Å². The van der Waals surface area contributed by atoms with Crippen LogP contribution in [-0.2, 0) is 4.79 Å². The Morgan fingerprint density at radius 2 is 1.94 bits per heavy atom. The number of nitrogens with zero attached hydrogens (tertiary/aromatic N) is 1. The van der Waals surface area contributed by atoms with Crippen molar-refractivity contribution in [2.24, 2.45) is 5.92 Å². The highest BCUT2D eigenvalue weighted by Crippen LogP contribution is 2.34. The lowest BCUT2D eigenvalue weighted by molar-refractivity contribution is -0.186. The van der Waals surface area contributed by atoms with E-state index in [1.807, 2.05) is 4.90 Å². The van der Waals surface area contributed by atoms with E-state index in [-0.39, 0.29) is 25.3 Å². The molecule has 0 bridgehead atoms. The summed E-state index contributed by atoms with van der Waals surface area (Å²) >= 11 is 0. The van der Waals surface area contributed by atoms with Gasteiger partial charge in [-0.05, 0) is 32.9 Å². The molecule has 1 saturated heterocycles. The monoisotopic (exact) mass is 239 g/mol. The molecule has 1 rings (SSSR count). The van der Waals surface area contributed by atoms with E-state index in [4.69, 9.17) is 5.11 Å². The van der Waals surface area contributed by atoms with Crippen LogP contribution in [0.4, 0.5) is 13.2 Å². The topological polar surface area (TPSA) is 40.5 Å². The normalized spacial score (nSPS) is 22.0. The molecule has 1 fully saturated rings. The van der Waals surface area contributed by atoms with Crippen molar-refractivity contribution >= 4 is 5.97 Å². The van der Waals surface area contributed by atoms with E-state index in [0.29, 0.717) is 13.1 Å². The van der Waals surface area contributed by atoms with Crippen LogP contribution in [0.1, 0.15) is 26.2 Å². The number of halogens is 3. The van der Waals surface area contributed by atoms with Gasteiger partial charge in [0.2, 0.25) is 0 Å². The highest BCUT2D eigenvalue weighted by Gasteiger charge is 2.41. The Labute approximate surface area is 92.2 Å². The molecule has 94 valence electrons. The van der Waals surface area contributed by atoms with Crippen molar-refractivity contribution < 1.29 is 23.1 Å². The SMILES string of the molecule is CC(CC(=O)O)N1CCC(C(F)(F)F)CC1. The Hall–Kier alpha value is -0.780. The van der Waals surface area contributed by atoms with E-state index < -0.39 is 18.1 Å². The average Bonchev–Trinajstić information content (AvgIpc) is 2.15. The third-order valence-electron chi connectivity index (χ3n) is 3.09. The summed E-state index contributed by atoms with van der Waals surface area (Å²) in [5, 5.41) is 8.59. The third kappa shape index (κ3) is 3.66. The van der Waals surface area contributed by atoms with Crippen LogP contribution in [0.3, 0.4) is 0 Å². The summed E-state index contributed by atoms with van der Waals surface area (Å²) in [6.07, 6.45) is -3.97. The van der Waals surface area contributed by atoms with Crippen LogP contribution in [-0.4, -0.2) is 41.3 Å². The van der Waals surface area contributed by atoms with Crippen LogP contribution in [0.5, 0.6) is 0 Å². The van der Waals surface area contributed by atoms with E-state index in [9.17, 15) is 18.0 Å². The summed E-state index contributed by atoms with van der Waals surface area (Å²) in [6, 6.07) is -0.188. The molecular weight excluding hydrogens is 223 g/mol. The molecule has 0 radical (unpaired) electrons. The first-order valence-corrected chi connectivity index (χ1v) is 5.33. The first-order chi connectivity index (χ1) is 7.30. The van der Waals surface area contributed by atoms with Gasteiger partial charge >= 0.3 is 12.1 Å². The molecule has 0 spiro atoms. The van der Waals surface area contributed by atoms with Crippen molar-refractivity contribution in [3.63, 3.8) is 0 Å². The Bertz CT molecular complexity index is 247. The Kier molecular flexibility index (Phi) is 4.18. The Balaban J connectivity index is 2.40. The summed E-state index contributed by atoms with van der Waals surface area (Å²) in [5.41, 5.74) is 0. The zero-order valence-electron chi connectivity index (χ0n) is 9.13. The molecule has 0 aliphatic carbocycles. The first kappa shape index (κ1) is 13.3. The minimum absolute atomic E-state index is 0.0172. The number of carbonyl (C=O) groups is 1. The zero-order chi connectivity index (χ0) is 12.3. The lowest BCUT2D eigenvalue weighted by Crippen LogP contribution is -2.43. The smallest absolute Gasteiger partial charge is 0.391 e. The number of hydrogen-bond acceptors (Lipinski definition) is 2. The molecule has 1 N–H and O–H groups in total. The molecule has 0 saturated carbocycles. The number of aliphatic carboxylic acids is 1. The molecular formula is C10H16F3NO2. The second-order valence-corrected chi connectivity index (χ2v) is 4.30. The van der Waals surface area contributed by atoms with Gasteiger partial charge in [-0.3, -0.25) is 4.79 Å². The number of carboxylic acids is 1. The summed E-state index contributed by atoms with van der Waals surface area (Å²) in [4.78, 5) is 12.3. The predicted molar refractivity (Wildman–Crippen MR) is 52.1 cm³/mol. The Morgan fingerprint density at radius 1 is 1.44 bits per heavy atom. The van der Waals surface area contributed by atoms with Crippen molar-refractivity contribution in [2.45, 2.75) is 38.4 Å². The van der Waals surface area contributed by atoms with Gasteiger partial charge in [0.05, 0.1) is 12.3 Å². The minimum Gasteiger partial charge on any atom is -0.481 e. The van der Waals surface area contributed by atoms with Crippen LogP contribution >= 0.6 is 0 Å². The Morgan fingerprint density at radius 3 is 2.31 bits per heavy atom. The number of alkyl halides is 3. The molecule has 0 aromatic rings. The van der Waals surface area contributed by atoms with Gasteiger partial charge in [0.15, 0.2) is 0 Å². The molecule has 6 heteroatoms. The molecule has 16 heavy (non-hydrogen) atoms. The first-order valence-electron chi connectivity index (χ1n) is 5.33. The van der Waals surface area contributed by atoms with E-state index in [1.165, 1.54) is 0 Å². The molecule has 3 nitrogen and oxygen atoms in total. The molecule has 0 aromatic heterocycles. The molecule has 0 amide bonds. The number of piperidine rings is 1. The van der Waals surface area contributed by atoms with Crippen LogP contribution < -0.4 is 0 Å². The van der Waals surface area contributed by atoms with Gasteiger partial charge in [-0.2, -0.15) is 13.2 Å². The average molecular weight is 239 g/mol. The molecule has 1 atom stereocenters. The lowest BCUT2D eigenvalue weighted by atomic mass is 9.95. The van der Waals surface area contributed by atoms with E-state index >= 15 is 0 Å². The number of hydrogen-bond donors (Lipinski definition) is 1. The highest BCUT2D eigenvalue weighted by atomic mass is 19.4. The van der Waals surface area contributed by atoms with E-state index in [0.717, 1.165) is 0 Å².